The number of hydrogen-bond donors (Lipinski definition) is 0. The van der Waals surface area contributed by atoms with Crippen LogP contribution in [-0.4, -0.2) is 42.3 Å². The van der Waals surface area contributed by atoms with E-state index in [0.717, 1.165) is 18.4 Å². The lowest BCUT2D eigenvalue weighted by molar-refractivity contribution is -0.159. The van der Waals surface area contributed by atoms with Crippen molar-refractivity contribution in [2.45, 2.75) is 99.6 Å². The minimum absolute atomic E-state index is 0.288. The first-order valence-corrected chi connectivity index (χ1v) is 18.0. The number of methoxy groups -OCH3 is 1. The molecule has 0 N–H and O–H groups in total. The fourth-order valence-electron chi connectivity index (χ4n) is 3.40. The van der Waals surface area contributed by atoms with Crippen LogP contribution < -0.4 is 0 Å². The number of carbonyl (C=O) groups excluding carboxylic acids is 2. The summed E-state index contributed by atoms with van der Waals surface area (Å²) in [7, 11) is -2.44. The second kappa shape index (κ2) is 11.5. The molecule has 182 valence electrons. The fraction of sp³-hybridized carbons (Fsp3) is 0.826. The maximum Gasteiger partial charge on any atom is 0.311 e. The van der Waals surface area contributed by atoms with Gasteiger partial charge in [-0.25, -0.2) is 0 Å². The van der Waals surface area contributed by atoms with Gasteiger partial charge in [0.1, 0.15) is 0 Å². The molecule has 0 aliphatic rings. The predicted molar refractivity (Wildman–Crippen MR) is 131 cm³/mol. The maximum absolute atomic E-state index is 13.3. The van der Waals surface area contributed by atoms with E-state index in [2.05, 4.69) is 19.6 Å². The smallest absolute Gasteiger partial charge is 0.311 e. The molecule has 31 heavy (non-hydrogen) atoms. The molecule has 1 unspecified atom stereocenters. The van der Waals surface area contributed by atoms with Crippen LogP contribution >= 0.6 is 0 Å². The van der Waals surface area contributed by atoms with Gasteiger partial charge in [-0.3, -0.25) is 9.59 Å². The second-order valence-electron chi connectivity index (χ2n) is 11.3. The van der Waals surface area contributed by atoms with E-state index in [1.165, 1.54) is 0 Å². The van der Waals surface area contributed by atoms with Crippen molar-refractivity contribution in [3.8, 4) is 0 Å². The van der Waals surface area contributed by atoms with Crippen molar-refractivity contribution in [3.63, 3.8) is 0 Å². The summed E-state index contributed by atoms with van der Waals surface area (Å²) in [5, 5.41) is 0. The van der Waals surface area contributed by atoms with Crippen LogP contribution in [-0.2, 0) is 27.9 Å². The van der Waals surface area contributed by atoms with E-state index >= 15 is 0 Å². The van der Waals surface area contributed by atoms with E-state index in [1.807, 2.05) is 54.3 Å². The molecular formula is C23H46O6Si2. The van der Waals surface area contributed by atoms with Gasteiger partial charge in [-0.15, -0.1) is 0 Å². The fourth-order valence-corrected chi connectivity index (χ4v) is 5.02. The van der Waals surface area contributed by atoms with Gasteiger partial charge in [-0.1, -0.05) is 13.3 Å². The van der Waals surface area contributed by atoms with Crippen LogP contribution in [0.1, 0.15) is 60.3 Å². The summed E-state index contributed by atoms with van der Waals surface area (Å²) in [4.78, 5) is 26.1. The zero-order valence-corrected chi connectivity index (χ0v) is 24.0. The number of ether oxygens (including phenoxy) is 2. The molecule has 0 aromatic rings. The SMILES string of the molecule is CCCCOC(=O)C(C)(C)CC(C)(C/C(C)=C(/OC)O[Si](C)(C)C)C(=O)O[Si](C)(C)C. The molecule has 0 aliphatic heterocycles. The van der Waals surface area contributed by atoms with Crippen LogP contribution in [0.25, 0.3) is 0 Å². The monoisotopic (exact) mass is 474 g/mol. The molecule has 0 fully saturated rings. The summed E-state index contributed by atoms with van der Waals surface area (Å²) >= 11 is 0. The van der Waals surface area contributed by atoms with Crippen LogP contribution in [0.4, 0.5) is 0 Å². The molecule has 0 aromatic heterocycles. The highest BCUT2D eigenvalue weighted by Gasteiger charge is 2.45. The summed E-state index contributed by atoms with van der Waals surface area (Å²) in [6, 6.07) is 0. The zero-order chi connectivity index (χ0) is 24.7. The summed E-state index contributed by atoms with van der Waals surface area (Å²) < 4.78 is 23.0. The predicted octanol–water partition coefficient (Wildman–Crippen LogP) is 6.25. The Kier molecular flexibility index (Phi) is 11.1. The van der Waals surface area contributed by atoms with E-state index in [9.17, 15) is 9.59 Å². The maximum atomic E-state index is 13.3. The van der Waals surface area contributed by atoms with Gasteiger partial charge in [-0.05, 0) is 86.2 Å². The lowest BCUT2D eigenvalue weighted by Gasteiger charge is -2.37. The van der Waals surface area contributed by atoms with E-state index in [4.69, 9.17) is 18.3 Å². The van der Waals surface area contributed by atoms with Crippen LogP contribution in [0.5, 0.6) is 0 Å². The third-order valence-corrected chi connectivity index (χ3v) is 6.19. The molecular weight excluding hydrogens is 428 g/mol. The van der Waals surface area contributed by atoms with Crippen molar-refractivity contribution in [1.82, 2.24) is 0 Å². The standard InChI is InChI=1S/C23H46O6Si2/c1-13-14-15-27-20(24)22(3,4)17-23(5,21(25)29-31(10,11)12)16-18(2)19(26-6)28-30(7,8)9/h13-17H2,1-12H3/b19-18-. The number of esters is 1. The third-order valence-electron chi connectivity index (χ3n) is 4.60. The molecule has 0 saturated heterocycles. The Bertz CT molecular complexity index is 643. The highest BCUT2D eigenvalue weighted by atomic mass is 28.4. The third kappa shape index (κ3) is 11.2. The number of allylic oxidation sites excluding steroid dienone is 1. The van der Waals surface area contributed by atoms with E-state index < -0.39 is 27.5 Å². The van der Waals surface area contributed by atoms with Crippen molar-refractivity contribution in [1.29, 1.82) is 0 Å². The Morgan fingerprint density at radius 2 is 1.39 bits per heavy atom. The van der Waals surface area contributed by atoms with Gasteiger partial charge in [0.25, 0.3) is 11.9 Å². The normalized spacial score (nSPS) is 15.5. The van der Waals surface area contributed by atoms with Gasteiger partial charge in [0.15, 0.2) is 0 Å². The van der Waals surface area contributed by atoms with E-state index in [0.29, 0.717) is 25.4 Å². The Morgan fingerprint density at radius 3 is 1.81 bits per heavy atom. The Balaban J connectivity index is 5.97. The quantitative estimate of drug-likeness (QED) is 0.136. The summed E-state index contributed by atoms with van der Waals surface area (Å²) in [6.07, 6.45) is 2.45. The van der Waals surface area contributed by atoms with Crippen molar-refractivity contribution in [2.24, 2.45) is 10.8 Å². The van der Waals surface area contributed by atoms with Crippen molar-refractivity contribution >= 4 is 28.6 Å². The first-order valence-electron chi connectivity index (χ1n) is 11.2. The van der Waals surface area contributed by atoms with Crippen LogP contribution in [0.3, 0.4) is 0 Å². The van der Waals surface area contributed by atoms with Crippen molar-refractivity contribution < 1.29 is 27.9 Å². The molecule has 6 nitrogen and oxygen atoms in total. The van der Waals surface area contributed by atoms with Gasteiger partial charge in [0, 0.05) is 5.57 Å². The van der Waals surface area contributed by atoms with E-state index in [1.54, 1.807) is 7.11 Å². The van der Waals surface area contributed by atoms with Gasteiger partial charge in [-0.2, -0.15) is 0 Å². The Hall–Kier alpha value is -1.29. The molecule has 0 bridgehead atoms. The number of unbranched alkanes of at least 4 members (excludes halogenated alkanes) is 1. The molecule has 0 aromatic carbocycles. The molecule has 0 saturated carbocycles. The zero-order valence-electron chi connectivity index (χ0n) is 22.0. The minimum Gasteiger partial charge on any atom is -0.520 e. The minimum atomic E-state index is -2.12. The first kappa shape index (κ1) is 29.7. The Labute approximate surface area is 192 Å². The average Bonchev–Trinajstić information content (AvgIpc) is 2.56. The van der Waals surface area contributed by atoms with E-state index in [-0.39, 0.29) is 11.9 Å². The molecule has 8 heteroatoms. The average molecular weight is 475 g/mol. The van der Waals surface area contributed by atoms with Crippen molar-refractivity contribution in [3.05, 3.63) is 11.5 Å². The second-order valence-corrected chi connectivity index (χ2v) is 20.1. The topological polar surface area (TPSA) is 71.1 Å². The highest BCUT2D eigenvalue weighted by molar-refractivity contribution is 6.71. The van der Waals surface area contributed by atoms with Crippen LogP contribution in [0.15, 0.2) is 11.5 Å². The number of carbonyl (C=O) groups is 2. The molecule has 1 atom stereocenters. The highest BCUT2D eigenvalue weighted by Crippen LogP contribution is 2.42. The molecule has 0 rings (SSSR count). The Morgan fingerprint density at radius 1 is 0.871 bits per heavy atom. The van der Waals surface area contributed by atoms with Gasteiger partial charge >= 0.3 is 5.97 Å². The van der Waals surface area contributed by atoms with Gasteiger partial charge in [0.2, 0.25) is 16.6 Å². The summed E-state index contributed by atoms with van der Waals surface area (Å²) in [5.41, 5.74) is -0.937. The largest absolute Gasteiger partial charge is 0.520 e. The molecule has 0 heterocycles. The van der Waals surface area contributed by atoms with Gasteiger partial charge < -0.3 is 18.3 Å². The summed E-state index contributed by atoms with van der Waals surface area (Å²) in [5.74, 6) is -0.127. The first-order chi connectivity index (χ1) is 13.9. The molecule has 0 radical (unpaired) electrons. The van der Waals surface area contributed by atoms with Gasteiger partial charge in [0.05, 0.1) is 24.5 Å². The van der Waals surface area contributed by atoms with Crippen molar-refractivity contribution in [2.75, 3.05) is 13.7 Å². The lowest BCUT2D eigenvalue weighted by atomic mass is 9.71. The number of hydrogen-bond acceptors (Lipinski definition) is 6. The molecule has 0 spiro atoms. The van der Waals surface area contributed by atoms with Crippen LogP contribution in [0, 0.1) is 10.8 Å². The lowest BCUT2D eigenvalue weighted by Crippen LogP contribution is -2.43. The van der Waals surface area contributed by atoms with Crippen LogP contribution in [0.2, 0.25) is 39.3 Å². The summed E-state index contributed by atoms with van der Waals surface area (Å²) in [6.45, 7) is 22.0. The molecule has 0 amide bonds. The number of rotatable bonds is 13. The molecule has 0 aliphatic carbocycles.